The summed E-state index contributed by atoms with van der Waals surface area (Å²) in [6.07, 6.45) is -4.13. The van der Waals surface area contributed by atoms with Gasteiger partial charge >= 0.3 is 19.6 Å². The maximum absolute atomic E-state index is 14.2. The average molecular weight is 703 g/mol. The van der Waals surface area contributed by atoms with Crippen molar-refractivity contribution in [3.63, 3.8) is 0 Å². The van der Waals surface area contributed by atoms with E-state index in [1.54, 1.807) is 48.5 Å². The fourth-order valence-corrected chi connectivity index (χ4v) is 7.09. The number of carbonyl (C=O) groups is 2. The molecule has 5 rings (SSSR count). The van der Waals surface area contributed by atoms with Gasteiger partial charge in [-0.25, -0.2) is 19.7 Å². The normalized spacial score (nSPS) is 20.8. The number of aliphatic hydroxyl groups excluding tert-OH is 2. The number of ether oxygens (including phenoxy) is 3. The average Bonchev–Trinajstić information content (AvgIpc) is 3.57. The van der Waals surface area contributed by atoms with Crippen molar-refractivity contribution in [3.8, 4) is 0 Å². The number of halogens is 1. The monoisotopic (exact) mass is 702 g/mol. The molecule has 0 unspecified atom stereocenters. The molecule has 1 aliphatic rings. The molecule has 1 aliphatic heterocycles. The Balaban J connectivity index is 1.28. The van der Waals surface area contributed by atoms with Crippen molar-refractivity contribution in [2.45, 2.75) is 63.6 Å². The Bertz CT molecular complexity index is 1700. The highest BCUT2D eigenvalue weighted by atomic mass is 35.5. The molecule has 0 spiro atoms. The smallest absolute Gasteiger partial charge is 0.342 e. The first-order valence-electron chi connectivity index (χ1n) is 15.0. The topological polar surface area (TPSA) is 209 Å². The van der Waals surface area contributed by atoms with Gasteiger partial charge in [0.1, 0.15) is 61.6 Å². The van der Waals surface area contributed by atoms with Crippen molar-refractivity contribution in [3.05, 3.63) is 94.9 Å². The van der Waals surface area contributed by atoms with Crippen LogP contribution in [0.4, 0.5) is 5.82 Å². The van der Waals surface area contributed by atoms with Gasteiger partial charge in [-0.05, 0) is 31.0 Å². The summed E-state index contributed by atoms with van der Waals surface area (Å²) in [6.45, 7) is 2.24. The van der Waals surface area contributed by atoms with E-state index in [0.29, 0.717) is 5.52 Å². The first kappa shape index (κ1) is 35.4. The van der Waals surface area contributed by atoms with E-state index in [4.69, 9.17) is 36.1 Å². The minimum Gasteiger partial charge on any atom is -0.460 e. The summed E-state index contributed by atoms with van der Waals surface area (Å²) in [7, 11) is -4.30. The van der Waals surface area contributed by atoms with E-state index < -0.39 is 62.7 Å². The predicted octanol–water partition coefficient (Wildman–Crippen LogP) is 2.69. The summed E-state index contributed by atoms with van der Waals surface area (Å²) in [4.78, 5) is 29.6. The number of aromatic nitrogens is 3. The van der Waals surface area contributed by atoms with E-state index in [2.05, 4.69) is 20.3 Å². The van der Waals surface area contributed by atoms with Gasteiger partial charge in [-0.3, -0.25) is 14.2 Å². The van der Waals surface area contributed by atoms with Gasteiger partial charge in [0.05, 0.1) is 17.3 Å². The minimum atomic E-state index is -4.30. The molecule has 6 N–H and O–H groups in total. The number of hydrogen-bond acceptors (Lipinski definition) is 12. The molecule has 2 aromatic heterocycles. The van der Waals surface area contributed by atoms with Crippen molar-refractivity contribution >= 4 is 42.5 Å². The maximum atomic E-state index is 14.2. The Morgan fingerprint density at radius 2 is 1.52 bits per heavy atom. The fourth-order valence-electron chi connectivity index (χ4n) is 4.99. The van der Waals surface area contributed by atoms with Gasteiger partial charge in [0.25, 0.3) is 0 Å². The number of anilines is 1. The SMILES string of the molecule is C[C@H](NP(=O)(N[C@@H](C)C(=O)OCc1ccccc1)OC[C@H]1O[C@@H](c2cc(Cl)c3c(N)ncnn23)[C@H](O)[C@@H]1O)C(=O)OCc1ccccc1. The van der Waals surface area contributed by atoms with E-state index in [1.807, 2.05) is 12.1 Å². The molecular weight excluding hydrogens is 667 g/mol. The van der Waals surface area contributed by atoms with Crippen molar-refractivity contribution in [1.29, 1.82) is 0 Å². The number of rotatable bonds is 14. The Hall–Kier alpha value is -3.92. The zero-order valence-corrected chi connectivity index (χ0v) is 27.7. The molecule has 17 heteroatoms. The molecule has 0 radical (unpaired) electrons. The number of nitrogens with zero attached hydrogens (tertiary/aromatic N) is 3. The van der Waals surface area contributed by atoms with Crippen LogP contribution in [-0.2, 0) is 46.1 Å². The summed E-state index contributed by atoms with van der Waals surface area (Å²) in [5.41, 5.74) is 8.00. The highest BCUT2D eigenvalue weighted by molar-refractivity contribution is 7.54. The Kier molecular flexibility index (Phi) is 11.5. The molecule has 48 heavy (non-hydrogen) atoms. The second-order valence-electron chi connectivity index (χ2n) is 11.1. The highest BCUT2D eigenvalue weighted by Gasteiger charge is 2.46. The summed E-state index contributed by atoms with van der Waals surface area (Å²) < 4.78 is 37.9. The molecule has 1 saturated heterocycles. The molecule has 3 heterocycles. The van der Waals surface area contributed by atoms with Gasteiger partial charge in [0.2, 0.25) is 0 Å². The molecule has 6 atom stereocenters. The molecule has 15 nitrogen and oxygen atoms in total. The molecule has 0 saturated carbocycles. The van der Waals surface area contributed by atoms with Crippen LogP contribution >= 0.6 is 19.3 Å². The molecular formula is C31H36ClN6O9P. The van der Waals surface area contributed by atoms with Crippen LogP contribution in [0.1, 0.15) is 36.8 Å². The number of nitrogens with one attached hydrogen (secondary N) is 2. The van der Waals surface area contributed by atoms with E-state index in [1.165, 1.54) is 30.8 Å². The van der Waals surface area contributed by atoms with E-state index in [0.717, 1.165) is 11.1 Å². The van der Waals surface area contributed by atoms with Crippen molar-refractivity contribution in [1.82, 2.24) is 24.8 Å². The third-order valence-corrected chi connectivity index (χ3v) is 9.78. The molecule has 0 bridgehead atoms. The second-order valence-corrected chi connectivity index (χ2v) is 13.4. The number of nitrogen functional groups attached to an aromatic ring is 1. The number of nitrogens with two attached hydrogens (primary N) is 1. The molecule has 0 amide bonds. The van der Waals surface area contributed by atoms with Crippen molar-refractivity contribution < 1.29 is 43.1 Å². The lowest BCUT2D eigenvalue weighted by atomic mass is 10.1. The van der Waals surface area contributed by atoms with Gasteiger partial charge in [0.15, 0.2) is 5.82 Å². The lowest BCUT2D eigenvalue weighted by molar-refractivity contribution is -0.147. The zero-order valence-electron chi connectivity index (χ0n) is 26.0. The highest BCUT2D eigenvalue weighted by Crippen LogP contribution is 2.42. The van der Waals surface area contributed by atoms with Crippen LogP contribution in [0.5, 0.6) is 0 Å². The lowest BCUT2D eigenvalue weighted by Gasteiger charge is -2.27. The molecule has 256 valence electrons. The summed E-state index contributed by atoms with van der Waals surface area (Å²) in [5, 5.41) is 31.3. The maximum Gasteiger partial charge on any atom is 0.342 e. The second kappa shape index (κ2) is 15.5. The Morgan fingerprint density at radius 1 is 0.979 bits per heavy atom. The van der Waals surface area contributed by atoms with Gasteiger partial charge in [0, 0.05) is 0 Å². The van der Waals surface area contributed by atoms with E-state index in [-0.39, 0.29) is 29.7 Å². The van der Waals surface area contributed by atoms with Crippen LogP contribution in [0.25, 0.3) is 5.52 Å². The molecule has 1 fully saturated rings. The first-order valence-corrected chi connectivity index (χ1v) is 17.0. The fraction of sp³-hybridized carbons (Fsp3) is 0.355. The van der Waals surface area contributed by atoms with Crippen LogP contribution in [0.2, 0.25) is 5.02 Å². The van der Waals surface area contributed by atoms with E-state index >= 15 is 0 Å². The van der Waals surface area contributed by atoms with Gasteiger partial charge < -0.3 is 34.7 Å². The van der Waals surface area contributed by atoms with Gasteiger partial charge in [-0.15, -0.1) is 0 Å². The first-order chi connectivity index (χ1) is 23.0. The predicted molar refractivity (Wildman–Crippen MR) is 173 cm³/mol. The lowest BCUT2D eigenvalue weighted by Crippen LogP contribution is -2.43. The quantitative estimate of drug-likeness (QED) is 0.0946. The third kappa shape index (κ3) is 8.38. The van der Waals surface area contributed by atoms with Crippen LogP contribution < -0.4 is 15.9 Å². The Morgan fingerprint density at radius 3 is 2.06 bits per heavy atom. The third-order valence-electron chi connectivity index (χ3n) is 7.52. The number of esters is 2. The number of carbonyl (C=O) groups excluding carboxylic acids is 2. The number of fused-ring (bicyclic) bond motifs is 1. The summed E-state index contributed by atoms with van der Waals surface area (Å²) >= 11 is 6.33. The molecule has 4 aromatic rings. The van der Waals surface area contributed by atoms with Crippen molar-refractivity contribution in [2.24, 2.45) is 0 Å². The minimum absolute atomic E-state index is 0.0249. The van der Waals surface area contributed by atoms with E-state index in [9.17, 15) is 24.4 Å². The molecule has 0 aliphatic carbocycles. The van der Waals surface area contributed by atoms with Crippen LogP contribution in [0, 0.1) is 0 Å². The Labute approximate surface area is 280 Å². The van der Waals surface area contributed by atoms with Gasteiger partial charge in [-0.2, -0.15) is 5.10 Å². The summed E-state index contributed by atoms with van der Waals surface area (Å²) in [6, 6.07) is 17.1. The zero-order chi connectivity index (χ0) is 34.4. The standard InChI is InChI=1S/C31H36ClN6O9P/c1-18(30(41)44-14-20-9-5-3-6-10-20)36-48(43,37-19(2)31(42)45-15-21-11-7-4-8-12-21)46-16-24-26(39)27(40)28(47-24)23-13-22(32)25-29(33)34-17-35-38(23)25/h3-13,17-19,24,26-28,39-40H,14-16H2,1-2H3,(H2,33,34,35)(H2,36,37,43)/t18-,19-,24+,26+,27+,28-/m0/s1. The van der Waals surface area contributed by atoms with Crippen LogP contribution in [0.3, 0.4) is 0 Å². The molecule has 2 aromatic carbocycles. The number of aliphatic hydroxyl groups is 2. The van der Waals surface area contributed by atoms with Gasteiger partial charge in [-0.1, -0.05) is 72.3 Å². The number of hydrogen-bond donors (Lipinski definition) is 5. The van der Waals surface area contributed by atoms with Crippen molar-refractivity contribution in [2.75, 3.05) is 12.3 Å². The summed E-state index contributed by atoms with van der Waals surface area (Å²) in [5.74, 6) is -1.38. The largest absolute Gasteiger partial charge is 0.460 e. The van der Waals surface area contributed by atoms with Crippen LogP contribution in [0.15, 0.2) is 73.1 Å². The van der Waals surface area contributed by atoms with Crippen LogP contribution in [-0.4, -0.2) is 73.8 Å². The number of benzene rings is 2.